The van der Waals surface area contributed by atoms with Crippen LogP contribution in [-0.2, 0) is 10.0 Å². The number of allylic oxidation sites excluding steroid dienone is 1. The van der Waals surface area contributed by atoms with Crippen LogP contribution in [0.5, 0.6) is 0 Å². The van der Waals surface area contributed by atoms with Gasteiger partial charge in [-0.05, 0) is 25.0 Å². The fourth-order valence-corrected chi connectivity index (χ4v) is 2.76. The van der Waals surface area contributed by atoms with Gasteiger partial charge < -0.3 is 4.98 Å². The second-order valence-corrected chi connectivity index (χ2v) is 5.83. The molecule has 0 radical (unpaired) electrons. The van der Waals surface area contributed by atoms with E-state index in [0.717, 1.165) is 11.0 Å². The van der Waals surface area contributed by atoms with Crippen molar-refractivity contribution in [3.8, 4) is 0 Å². The lowest BCUT2D eigenvalue weighted by Gasteiger charge is -2.06. The molecule has 0 saturated carbocycles. The van der Waals surface area contributed by atoms with Gasteiger partial charge in [0.1, 0.15) is 5.65 Å². The second kappa shape index (κ2) is 5.22. The number of nitrogens with one attached hydrogen (secondary N) is 2. The largest absolute Gasteiger partial charge is 0.346 e. The number of hydrogen-bond acceptors (Lipinski definition) is 3. The summed E-state index contributed by atoms with van der Waals surface area (Å²) in [5.41, 5.74) is 1.23. The van der Waals surface area contributed by atoms with Crippen molar-refractivity contribution in [3.63, 3.8) is 0 Å². The molecule has 0 aliphatic carbocycles. The van der Waals surface area contributed by atoms with Crippen LogP contribution in [0.25, 0.3) is 11.0 Å². The van der Waals surface area contributed by atoms with Crippen molar-refractivity contribution in [2.24, 2.45) is 0 Å². The molecule has 0 aromatic carbocycles. The maximum Gasteiger partial charge on any atom is 0.232 e. The Kier molecular flexibility index (Phi) is 3.66. The molecule has 0 spiro atoms. The third-order valence-corrected chi connectivity index (χ3v) is 3.87. The van der Waals surface area contributed by atoms with Crippen LogP contribution < -0.4 is 4.72 Å². The summed E-state index contributed by atoms with van der Waals surface area (Å²) in [5.74, 6) is 0.0875. The molecule has 0 amide bonds. The highest BCUT2D eigenvalue weighted by Gasteiger charge is 2.10. The fraction of sp³-hybridized carbons (Fsp3) is 0.250. The lowest BCUT2D eigenvalue weighted by molar-refractivity contribution is 0.598. The molecule has 6 heteroatoms. The number of aromatic nitrogens is 2. The summed E-state index contributed by atoms with van der Waals surface area (Å²) in [6.07, 6.45) is 6.24. The lowest BCUT2D eigenvalue weighted by Crippen LogP contribution is -2.16. The van der Waals surface area contributed by atoms with Gasteiger partial charge in [0.15, 0.2) is 0 Å². The van der Waals surface area contributed by atoms with Gasteiger partial charge in [-0.15, -0.1) is 6.58 Å². The minimum absolute atomic E-state index is 0.0875. The van der Waals surface area contributed by atoms with E-state index in [1.54, 1.807) is 18.3 Å². The first-order valence-electron chi connectivity index (χ1n) is 5.65. The number of nitrogens with zero attached hydrogens (tertiary/aromatic N) is 1. The molecule has 0 saturated heterocycles. The lowest BCUT2D eigenvalue weighted by atomic mass is 10.3. The highest BCUT2D eigenvalue weighted by Crippen LogP contribution is 2.16. The van der Waals surface area contributed by atoms with Crippen LogP contribution in [0.1, 0.15) is 12.8 Å². The molecule has 0 atom stereocenters. The van der Waals surface area contributed by atoms with Crippen molar-refractivity contribution in [2.45, 2.75) is 12.8 Å². The van der Waals surface area contributed by atoms with Gasteiger partial charge in [0.05, 0.1) is 17.6 Å². The Labute approximate surface area is 106 Å². The predicted octanol–water partition coefficient (Wildman–Crippen LogP) is 2.27. The molecule has 2 aromatic rings. The van der Waals surface area contributed by atoms with Crippen LogP contribution in [0.15, 0.2) is 37.2 Å². The molecule has 2 rings (SSSR count). The minimum atomic E-state index is -3.31. The number of unbranched alkanes of at least 4 members (excludes halogenated alkanes) is 1. The SMILES string of the molecule is C=CCCCS(=O)(=O)Nc1cnc2[nH]ccc2c1. The highest BCUT2D eigenvalue weighted by molar-refractivity contribution is 7.92. The molecule has 0 bridgehead atoms. The highest BCUT2D eigenvalue weighted by atomic mass is 32.2. The smallest absolute Gasteiger partial charge is 0.232 e. The van der Waals surface area contributed by atoms with Crippen LogP contribution in [-0.4, -0.2) is 24.1 Å². The third-order valence-electron chi connectivity index (χ3n) is 2.49. The summed E-state index contributed by atoms with van der Waals surface area (Å²) in [6.45, 7) is 3.56. The first-order chi connectivity index (χ1) is 8.61. The quantitative estimate of drug-likeness (QED) is 0.621. The van der Waals surface area contributed by atoms with E-state index >= 15 is 0 Å². The summed E-state index contributed by atoms with van der Waals surface area (Å²) >= 11 is 0. The maximum absolute atomic E-state index is 11.8. The molecule has 96 valence electrons. The summed E-state index contributed by atoms with van der Waals surface area (Å²) < 4.78 is 26.1. The van der Waals surface area contributed by atoms with Crippen LogP contribution in [0.3, 0.4) is 0 Å². The molecular formula is C12H15N3O2S. The van der Waals surface area contributed by atoms with E-state index in [0.29, 0.717) is 18.5 Å². The summed E-state index contributed by atoms with van der Waals surface area (Å²) in [4.78, 5) is 7.08. The van der Waals surface area contributed by atoms with Crippen LogP contribution in [0, 0.1) is 0 Å². The Bertz CT molecular complexity index is 646. The zero-order valence-electron chi connectivity index (χ0n) is 9.89. The average molecular weight is 265 g/mol. The van der Waals surface area contributed by atoms with E-state index in [1.807, 2.05) is 6.07 Å². The van der Waals surface area contributed by atoms with Gasteiger partial charge in [-0.2, -0.15) is 0 Å². The number of pyridine rings is 1. The normalized spacial score (nSPS) is 11.6. The Balaban J connectivity index is 2.09. The van der Waals surface area contributed by atoms with Gasteiger partial charge in [-0.3, -0.25) is 4.72 Å². The number of anilines is 1. The first-order valence-corrected chi connectivity index (χ1v) is 7.30. The molecular weight excluding hydrogens is 250 g/mol. The minimum Gasteiger partial charge on any atom is -0.346 e. The average Bonchev–Trinajstić information content (AvgIpc) is 2.75. The number of hydrogen-bond donors (Lipinski definition) is 2. The Morgan fingerprint density at radius 1 is 1.50 bits per heavy atom. The van der Waals surface area contributed by atoms with Gasteiger partial charge in [0.2, 0.25) is 10.0 Å². The number of H-pyrrole nitrogens is 1. The van der Waals surface area contributed by atoms with Crippen LogP contribution in [0.4, 0.5) is 5.69 Å². The molecule has 2 N–H and O–H groups in total. The molecule has 5 nitrogen and oxygen atoms in total. The van der Waals surface area contributed by atoms with E-state index in [2.05, 4.69) is 21.3 Å². The van der Waals surface area contributed by atoms with Crippen molar-refractivity contribution in [1.29, 1.82) is 0 Å². The van der Waals surface area contributed by atoms with E-state index in [4.69, 9.17) is 0 Å². The van der Waals surface area contributed by atoms with Crippen molar-refractivity contribution in [1.82, 2.24) is 9.97 Å². The van der Waals surface area contributed by atoms with Crippen molar-refractivity contribution < 1.29 is 8.42 Å². The van der Waals surface area contributed by atoms with Gasteiger partial charge in [-0.25, -0.2) is 13.4 Å². The van der Waals surface area contributed by atoms with Gasteiger partial charge in [0, 0.05) is 11.6 Å². The zero-order chi connectivity index (χ0) is 13.0. The van der Waals surface area contributed by atoms with Crippen LogP contribution >= 0.6 is 0 Å². The monoisotopic (exact) mass is 265 g/mol. The maximum atomic E-state index is 11.8. The molecule has 0 aliphatic rings. The Morgan fingerprint density at radius 3 is 3.11 bits per heavy atom. The van der Waals surface area contributed by atoms with Crippen molar-refractivity contribution in [3.05, 3.63) is 37.2 Å². The standard InChI is InChI=1S/C12H15N3O2S/c1-2-3-4-7-18(16,17)15-11-8-10-5-6-13-12(10)14-9-11/h2,5-6,8-9,15H,1,3-4,7H2,(H,13,14). The summed E-state index contributed by atoms with van der Waals surface area (Å²) in [6, 6.07) is 3.60. The molecule has 0 fully saturated rings. The van der Waals surface area contributed by atoms with Gasteiger partial charge in [0.25, 0.3) is 0 Å². The molecule has 0 aliphatic heterocycles. The Morgan fingerprint density at radius 2 is 2.33 bits per heavy atom. The first kappa shape index (κ1) is 12.6. The van der Waals surface area contributed by atoms with Crippen molar-refractivity contribution >= 4 is 26.7 Å². The summed E-state index contributed by atoms with van der Waals surface area (Å²) in [7, 11) is -3.31. The van der Waals surface area contributed by atoms with E-state index < -0.39 is 10.0 Å². The molecule has 18 heavy (non-hydrogen) atoms. The number of aromatic amines is 1. The van der Waals surface area contributed by atoms with E-state index in [1.165, 1.54) is 6.20 Å². The predicted molar refractivity (Wildman–Crippen MR) is 72.9 cm³/mol. The van der Waals surface area contributed by atoms with E-state index in [9.17, 15) is 8.42 Å². The second-order valence-electron chi connectivity index (χ2n) is 3.99. The summed E-state index contributed by atoms with van der Waals surface area (Å²) in [5, 5.41) is 0.876. The molecule has 2 aromatic heterocycles. The van der Waals surface area contributed by atoms with E-state index in [-0.39, 0.29) is 5.75 Å². The Hall–Kier alpha value is -1.82. The zero-order valence-corrected chi connectivity index (χ0v) is 10.7. The number of sulfonamides is 1. The fourth-order valence-electron chi connectivity index (χ4n) is 1.64. The molecule has 0 unspecified atom stereocenters. The van der Waals surface area contributed by atoms with Gasteiger partial charge in [-0.1, -0.05) is 6.08 Å². The number of fused-ring (bicyclic) bond motifs is 1. The number of rotatable bonds is 6. The third kappa shape index (κ3) is 3.10. The van der Waals surface area contributed by atoms with Gasteiger partial charge >= 0.3 is 0 Å². The topological polar surface area (TPSA) is 74.8 Å². The van der Waals surface area contributed by atoms with Crippen LogP contribution in [0.2, 0.25) is 0 Å². The van der Waals surface area contributed by atoms with Crippen molar-refractivity contribution in [2.75, 3.05) is 10.5 Å². The molecule has 2 heterocycles.